The molecule has 1 saturated heterocycles. The summed E-state index contributed by atoms with van der Waals surface area (Å²) < 4.78 is 40.7. The highest BCUT2D eigenvalue weighted by molar-refractivity contribution is 7.89. The summed E-state index contributed by atoms with van der Waals surface area (Å²) in [4.78, 5) is 14.9. The lowest BCUT2D eigenvalue weighted by molar-refractivity contribution is 0.0698. The van der Waals surface area contributed by atoms with E-state index < -0.39 is 10.0 Å². The summed E-state index contributed by atoms with van der Waals surface area (Å²) in [5, 5.41) is 6.78. The van der Waals surface area contributed by atoms with Crippen LogP contribution in [0, 0.1) is 5.82 Å². The van der Waals surface area contributed by atoms with Crippen molar-refractivity contribution < 1.29 is 17.6 Å². The Morgan fingerprint density at radius 2 is 1.62 bits per heavy atom. The zero-order valence-corrected chi connectivity index (χ0v) is 18.8. The molecule has 3 aromatic rings. The summed E-state index contributed by atoms with van der Waals surface area (Å²) in [6.07, 6.45) is 1.44. The molecule has 1 aromatic heterocycles. The second-order valence-corrected chi connectivity index (χ2v) is 10.0. The predicted molar refractivity (Wildman–Crippen MR) is 119 cm³/mol. The van der Waals surface area contributed by atoms with Gasteiger partial charge in [-0.05, 0) is 47.9 Å². The SMILES string of the molecule is CC(C)c1ccc(S(=O)(=O)N2CCN(C(=O)c3cn[nH]c3-c3ccc(F)cc3)CC2)cc1. The third kappa shape index (κ3) is 4.31. The van der Waals surface area contributed by atoms with E-state index >= 15 is 0 Å². The number of carbonyl (C=O) groups excluding carboxylic acids is 1. The van der Waals surface area contributed by atoms with Crippen LogP contribution >= 0.6 is 0 Å². The maximum absolute atomic E-state index is 13.2. The Balaban J connectivity index is 1.45. The van der Waals surface area contributed by atoms with Crippen LogP contribution in [-0.2, 0) is 10.0 Å². The third-order valence-electron chi connectivity index (χ3n) is 5.71. The molecule has 0 saturated carbocycles. The summed E-state index contributed by atoms with van der Waals surface area (Å²) >= 11 is 0. The average molecular weight is 457 g/mol. The Bertz CT molecular complexity index is 1200. The quantitative estimate of drug-likeness (QED) is 0.637. The Morgan fingerprint density at radius 1 is 1.00 bits per heavy atom. The van der Waals surface area contributed by atoms with E-state index in [9.17, 15) is 17.6 Å². The highest BCUT2D eigenvalue weighted by Gasteiger charge is 2.31. The fraction of sp³-hybridized carbons (Fsp3) is 0.304. The molecule has 0 bridgehead atoms. The first-order valence-corrected chi connectivity index (χ1v) is 11.9. The van der Waals surface area contributed by atoms with Gasteiger partial charge in [-0.25, -0.2) is 12.8 Å². The topological polar surface area (TPSA) is 86.4 Å². The average Bonchev–Trinajstić information content (AvgIpc) is 3.29. The number of nitrogens with one attached hydrogen (secondary N) is 1. The molecule has 4 rings (SSSR count). The van der Waals surface area contributed by atoms with Crippen LogP contribution in [0.15, 0.2) is 59.6 Å². The number of halogens is 1. The van der Waals surface area contributed by atoms with E-state index in [0.717, 1.165) is 5.56 Å². The van der Waals surface area contributed by atoms with Crippen molar-refractivity contribution >= 4 is 15.9 Å². The largest absolute Gasteiger partial charge is 0.336 e. The van der Waals surface area contributed by atoms with Crippen molar-refractivity contribution in [2.45, 2.75) is 24.7 Å². The predicted octanol–water partition coefficient (Wildman–Crippen LogP) is 3.49. The lowest BCUT2D eigenvalue weighted by Crippen LogP contribution is -2.50. The van der Waals surface area contributed by atoms with Gasteiger partial charge >= 0.3 is 0 Å². The molecule has 0 unspecified atom stereocenters. The number of carbonyl (C=O) groups is 1. The maximum atomic E-state index is 13.2. The number of sulfonamides is 1. The minimum atomic E-state index is -3.62. The lowest BCUT2D eigenvalue weighted by atomic mass is 10.0. The molecule has 0 atom stereocenters. The Labute approximate surface area is 186 Å². The zero-order chi connectivity index (χ0) is 22.9. The van der Waals surface area contributed by atoms with Crippen molar-refractivity contribution in [3.63, 3.8) is 0 Å². The van der Waals surface area contributed by atoms with Gasteiger partial charge in [0.1, 0.15) is 5.82 Å². The van der Waals surface area contributed by atoms with E-state index in [2.05, 4.69) is 24.0 Å². The normalized spacial score (nSPS) is 15.3. The first-order valence-electron chi connectivity index (χ1n) is 10.5. The molecule has 32 heavy (non-hydrogen) atoms. The summed E-state index contributed by atoms with van der Waals surface area (Å²) in [6, 6.07) is 12.8. The smallest absolute Gasteiger partial charge is 0.257 e. The van der Waals surface area contributed by atoms with E-state index in [1.165, 1.54) is 22.6 Å². The zero-order valence-electron chi connectivity index (χ0n) is 18.0. The summed E-state index contributed by atoms with van der Waals surface area (Å²) in [5.74, 6) is -0.280. The minimum absolute atomic E-state index is 0.212. The first kappa shape index (κ1) is 22.2. The number of hydrogen-bond acceptors (Lipinski definition) is 4. The monoisotopic (exact) mass is 456 g/mol. The number of amides is 1. The molecule has 0 spiro atoms. The number of piperazine rings is 1. The second kappa shape index (κ2) is 8.84. The van der Waals surface area contributed by atoms with Crippen molar-refractivity contribution in [1.82, 2.24) is 19.4 Å². The standard InChI is InChI=1S/C23H25FN4O3S/c1-16(2)17-5-9-20(10-6-17)32(30,31)28-13-11-27(12-14-28)23(29)21-15-25-26-22(21)18-3-7-19(24)8-4-18/h3-10,15-16H,11-14H2,1-2H3,(H,25,26). The number of rotatable bonds is 5. The van der Waals surface area contributed by atoms with Crippen LogP contribution in [0.25, 0.3) is 11.3 Å². The molecular weight excluding hydrogens is 431 g/mol. The number of nitrogens with zero attached hydrogens (tertiary/aromatic N) is 3. The number of aromatic amines is 1. The Hall–Kier alpha value is -3.04. The van der Waals surface area contributed by atoms with Gasteiger partial charge in [-0.3, -0.25) is 9.89 Å². The van der Waals surface area contributed by atoms with E-state index in [4.69, 9.17) is 0 Å². The molecule has 7 nitrogen and oxygen atoms in total. The Kier molecular flexibility index (Phi) is 6.12. The van der Waals surface area contributed by atoms with Gasteiger partial charge in [0.2, 0.25) is 10.0 Å². The van der Waals surface area contributed by atoms with E-state index in [1.807, 2.05) is 12.1 Å². The van der Waals surface area contributed by atoms with Crippen LogP contribution in [0.3, 0.4) is 0 Å². The second-order valence-electron chi connectivity index (χ2n) is 8.09. The number of hydrogen-bond donors (Lipinski definition) is 1. The van der Waals surface area contributed by atoms with Gasteiger partial charge in [0.05, 0.1) is 22.3 Å². The van der Waals surface area contributed by atoms with Gasteiger partial charge in [0.15, 0.2) is 0 Å². The fourth-order valence-corrected chi connectivity index (χ4v) is 5.18. The summed E-state index contributed by atoms with van der Waals surface area (Å²) in [5.41, 5.74) is 2.61. The van der Waals surface area contributed by atoms with Gasteiger partial charge in [-0.15, -0.1) is 0 Å². The third-order valence-corrected chi connectivity index (χ3v) is 7.63. The molecule has 0 radical (unpaired) electrons. The van der Waals surface area contributed by atoms with Crippen LogP contribution in [-0.4, -0.2) is 59.9 Å². The van der Waals surface area contributed by atoms with Crippen molar-refractivity contribution in [3.8, 4) is 11.3 Å². The van der Waals surface area contributed by atoms with Gasteiger partial charge in [0, 0.05) is 31.7 Å². The molecule has 168 valence electrons. The fourth-order valence-electron chi connectivity index (χ4n) is 3.76. The number of H-pyrrole nitrogens is 1. The lowest BCUT2D eigenvalue weighted by Gasteiger charge is -2.34. The summed E-state index contributed by atoms with van der Waals surface area (Å²) in [6.45, 7) is 5.09. The molecule has 1 aliphatic heterocycles. The number of aromatic nitrogens is 2. The molecule has 0 aliphatic carbocycles. The van der Waals surface area contributed by atoms with Crippen LogP contribution in [0.2, 0.25) is 0 Å². The molecule has 2 heterocycles. The van der Waals surface area contributed by atoms with E-state index in [-0.39, 0.29) is 42.8 Å². The molecule has 2 aromatic carbocycles. The highest BCUT2D eigenvalue weighted by atomic mass is 32.2. The van der Waals surface area contributed by atoms with Crippen molar-refractivity contribution in [1.29, 1.82) is 0 Å². The molecule has 1 aliphatic rings. The molecular formula is C23H25FN4O3S. The minimum Gasteiger partial charge on any atom is -0.336 e. The molecule has 1 fully saturated rings. The summed E-state index contributed by atoms with van der Waals surface area (Å²) in [7, 11) is -3.62. The maximum Gasteiger partial charge on any atom is 0.257 e. The van der Waals surface area contributed by atoms with Gasteiger partial charge < -0.3 is 4.90 Å². The van der Waals surface area contributed by atoms with Crippen LogP contribution in [0.5, 0.6) is 0 Å². The highest BCUT2D eigenvalue weighted by Crippen LogP contribution is 2.25. The van der Waals surface area contributed by atoms with Gasteiger partial charge in [-0.1, -0.05) is 26.0 Å². The number of benzene rings is 2. The van der Waals surface area contributed by atoms with Gasteiger partial charge in [-0.2, -0.15) is 9.40 Å². The van der Waals surface area contributed by atoms with Crippen molar-refractivity contribution in [3.05, 3.63) is 71.7 Å². The van der Waals surface area contributed by atoms with Crippen molar-refractivity contribution in [2.75, 3.05) is 26.2 Å². The Morgan fingerprint density at radius 3 is 2.22 bits per heavy atom. The molecule has 1 N–H and O–H groups in total. The first-order chi connectivity index (χ1) is 15.3. The van der Waals surface area contributed by atoms with Crippen LogP contribution in [0.4, 0.5) is 4.39 Å². The van der Waals surface area contributed by atoms with Crippen molar-refractivity contribution in [2.24, 2.45) is 0 Å². The van der Waals surface area contributed by atoms with E-state index in [0.29, 0.717) is 22.7 Å². The van der Waals surface area contributed by atoms with E-state index in [1.54, 1.807) is 29.2 Å². The van der Waals surface area contributed by atoms with Gasteiger partial charge in [0.25, 0.3) is 5.91 Å². The van der Waals surface area contributed by atoms with Crippen LogP contribution in [0.1, 0.15) is 35.7 Å². The molecule has 9 heteroatoms. The molecule has 1 amide bonds. The van der Waals surface area contributed by atoms with Crippen LogP contribution < -0.4 is 0 Å².